The third-order valence-electron chi connectivity index (χ3n) is 3.30. The van der Waals surface area contributed by atoms with Crippen molar-refractivity contribution < 1.29 is 13.2 Å². The Labute approximate surface area is 138 Å². The van der Waals surface area contributed by atoms with Crippen molar-refractivity contribution in [3.63, 3.8) is 0 Å². The maximum Gasteiger partial charge on any atom is 0.416 e. The lowest BCUT2D eigenvalue weighted by molar-refractivity contribution is -0.137. The molecule has 3 N–H and O–H groups in total. The summed E-state index contributed by atoms with van der Waals surface area (Å²) in [4.78, 5) is 0.517. The molecule has 1 aromatic heterocycles. The van der Waals surface area contributed by atoms with Gasteiger partial charge in [-0.2, -0.15) is 18.3 Å². The molecule has 1 heterocycles. The Morgan fingerprint density at radius 1 is 1.00 bits per heavy atom. The van der Waals surface area contributed by atoms with Gasteiger partial charge in [0.1, 0.15) is 5.69 Å². The summed E-state index contributed by atoms with van der Waals surface area (Å²) in [7, 11) is -1.08. The topological polar surface area (TPSA) is 67.1 Å². The number of rotatable bonds is 3. The number of benzene rings is 2. The van der Waals surface area contributed by atoms with Crippen LogP contribution in [-0.4, -0.2) is 10.2 Å². The fourth-order valence-electron chi connectivity index (χ4n) is 2.11. The van der Waals surface area contributed by atoms with Crippen molar-refractivity contribution in [1.82, 2.24) is 10.2 Å². The minimum Gasteiger partial charge on any atom is -0.276 e. The Balaban J connectivity index is 1.91. The van der Waals surface area contributed by atoms with E-state index in [9.17, 15) is 13.2 Å². The van der Waals surface area contributed by atoms with Crippen LogP contribution in [0.25, 0.3) is 11.3 Å². The van der Waals surface area contributed by atoms with Gasteiger partial charge < -0.3 is 0 Å². The molecule has 4 nitrogen and oxygen atoms in total. The smallest absolute Gasteiger partial charge is 0.276 e. The molecule has 3 rings (SSSR count). The van der Waals surface area contributed by atoms with Gasteiger partial charge in [-0.15, -0.1) is 0 Å². The number of nitrogens with zero attached hydrogens (tertiary/aromatic N) is 2. The first-order chi connectivity index (χ1) is 11.4. The Bertz CT molecular complexity index is 855. The van der Waals surface area contributed by atoms with Crippen LogP contribution in [0, 0.1) is 0 Å². The summed E-state index contributed by atoms with van der Waals surface area (Å²) in [5.74, 6) is 0. The van der Waals surface area contributed by atoms with Gasteiger partial charge in [-0.1, -0.05) is 30.3 Å². The van der Waals surface area contributed by atoms with Gasteiger partial charge >= 0.3 is 6.18 Å². The maximum atomic E-state index is 12.6. The van der Waals surface area contributed by atoms with Gasteiger partial charge in [0.05, 0.1) is 17.5 Å². The zero-order valence-corrected chi connectivity index (χ0v) is 13.1. The third kappa shape index (κ3) is 3.55. The summed E-state index contributed by atoms with van der Waals surface area (Å²) < 4.78 is 42.2. The van der Waals surface area contributed by atoms with Crippen LogP contribution in [0.2, 0.25) is 0 Å². The molecule has 0 saturated heterocycles. The van der Waals surface area contributed by atoms with Crippen LogP contribution >= 0.6 is 0 Å². The molecule has 0 aliphatic heterocycles. The van der Waals surface area contributed by atoms with E-state index in [1.165, 1.54) is 12.1 Å². The first-order valence-electron chi connectivity index (χ1n) is 6.92. The van der Waals surface area contributed by atoms with E-state index in [0.29, 0.717) is 16.3 Å². The summed E-state index contributed by atoms with van der Waals surface area (Å²) in [6.07, 6.45) is -2.83. The van der Waals surface area contributed by atoms with E-state index in [2.05, 4.69) is 14.6 Å². The molecule has 3 aromatic rings. The normalized spacial score (nSPS) is 13.2. The van der Waals surface area contributed by atoms with E-state index in [0.717, 1.165) is 17.7 Å². The molecular formula is C16H13F3N4S. The molecule has 0 aliphatic carbocycles. The number of halogens is 3. The molecule has 1 unspecified atom stereocenters. The summed E-state index contributed by atoms with van der Waals surface area (Å²) in [5, 5.41) is 12.9. The van der Waals surface area contributed by atoms with Crippen LogP contribution in [0.15, 0.2) is 70.1 Å². The minimum atomic E-state index is -4.37. The molecule has 1 atom stereocenters. The Morgan fingerprint density at radius 3 is 2.29 bits per heavy atom. The Hall–Kier alpha value is -2.45. The van der Waals surface area contributed by atoms with E-state index < -0.39 is 22.6 Å². The Morgan fingerprint density at radius 2 is 1.67 bits per heavy atom. The van der Waals surface area contributed by atoms with Crippen LogP contribution in [0.4, 0.5) is 18.9 Å². The number of hydrogen-bond acceptors (Lipinski definition) is 2. The van der Waals surface area contributed by atoms with E-state index in [1.54, 1.807) is 6.20 Å². The van der Waals surface area contributed by atoms with Crippen LogP contribution in [0.3, 0.4) is 0 Å². The number of H-pyrrole nitrogens is 1. The van der Waals surface area contributed by atoms with Gasteiger partial charge in [-0.3, -0.25) is 10.2 Å². The molecule has 0 aliphatic rings. The molecule has 0 fully saturated rings. The highest BCUT2D eigenvalue weighted by Crippen LogP contribution is 2.31. The van der Waals surface area contributed by atoms with E-state index in [-0.39, 0.29) is 0 Å². The molecule has 2 aromatic carbocycles. The molecular weight excluding hydrogens is 337 g/mol. The third-order valence-corrected chi connectivity index (χ3v) is 4.45. The second-order valence-corrected chi connectivity index (χ2v) is 6.21. The zero-order valence-electron chi connectivity index (χ0n) is 12.3. The predicted octanol–water partition coefficient (Wildman–Crippen LogP) is 4.46. The van der Waals surface area contributed by atoms with Gasteiger partial charge in [0.15, 0.2) is 0 Å². The van der Waals surface area contributed by atoms with Crippen molar-refractivity contribution in [2.24, 2.45) is 9.50 Å². The van der Waals surface area contributed by atoms with Gasteiger partial charge in [-0.05, 0) is 24.3 Å². The van der Waals surface area contributed by atoms with Crippen molar-refractivity contribution in [2.45, 2.75) is 11.1 Å². The molecule has 0 spiro atoms. The zero-order chi connectivity index (χ0) is 17.2. The quantitative estimate of drug-likeness (QED) is 0.732. The fraction of sp³-hybridized carbons (Fsp3) is 0.0625. The SMILES string of the molecule is NS(=Nc1cn[nH]c1-c1ccccc1)c1ccc(C(F)(F)F)cc1. The first kappa shape index (κ1) is 16.4. The van der Waals surface area contributed by atoms with E-state index in [1.807, 2.05) is 30.3 Å². The fourth-order valence-corrected chi connectivity index (χ4v) is 2.98. The molecule has 0 saturated carbocycles. The van der Waals surface area contributed by atoms with Crippen LogP contribution in [-0.2, 0) is 17.1 Å². The highest BCUT2D eigenvalue weighted by Gasteiger charge is 2.30. The maximum absolute atomic E-state index is 12.6. The lowest BCUT2D eigenvalue weighted by atomic mass is 10.1. The van der Waals surface area contributed by atoms with Crippen molar-refractivity contribution in [2.75, 3.05) is 0 Å². The molecule has 0 amide bonds. The highest BCUT2D eigenvalue weighted by atomic mass is 32.2. The number of alkyl halides is 3. The van der Waals surface area contributed by atoms with Gasteiger partial charge in [0, 0.05) is 21.3 Å². The van der Waals surface area contributed by atoms with E-state index in [4.69, 9.17) is 5.14 Å². The largest absolute Gasteiger partial charge is 0.416 e. The van der Waals surface area contributed by atoms with Crippen molar-refractivity contribution in [1.29, 1.82) is 0 Å². The molecule has 8 heteroatoms. The molecule has 0 radical (unpaired) electrons. The molecule has 124 valence electrons. The van der Waals surface area contributed by atoms with Gasteiger partial charge in [-0.25, -0.2) is 4.36 Å². The summed E-state index contributed by atoms with van der Waals surface area (Å²) >= 11 is 0. The monoisotopic (exact) mass is 350 g/mol. The number of nitrogens with one attached hydrogen (secondary N) is 1. The summed E-state index contributed by atoms with van der Waals surface area (Å²) in [6, 6.07) is 14.2. The minimum absolute atomic E-state index is 0.517. The van der Waals surface area contributed by atoms with E-state index >= 15 is 0 Å². The van der Waals surface area contributed by atoms with Crippen LogP contribution in [0.1, 0.15) is 5.56 Å². The second kappa shape index (κ2) is 6.58. The first-order valence-corrected chi connectivity index (χ1v) is 8.16. The average Bonchev–Trinajstić information content (AvgIpc) is 3.03. The second-order valence-electron chi connectivity index (χ2n) is 4.92. The van der Waals surface area contributed by atoms with Crippen LogP contribution < -0.4 is 5.14 Å². The summed E-state index contributed by atoms with van der Waals surface area (Å²) in [6.45, 7) is 0. The van der Waals surface area contributed by atoms with Crippen molar-refractivity contribution in [3.05, 3.63) is 66.4 Å². The van der Waals surface area contributed by atoms with Gasteiger partial charge in [0.25, 0.3) is 0 Å². The lowest BCUT2D eigenvalue weighted by Gasteiger charge is -2.08. The molecule has 0 bridgehead atoms. The Kier molecular flexibility index (Phi) is 4.50. The van der Waals surface area contributed by atoms with Gasteiger partial charge in [0.2, 0.25) is 0 Å². The van der Waals surface area contributed by atoms with Crippen LogP contribution in [0.5, 0.6) is 0 Å². The standard InChI is InChI=1S/C16H13F3N4S/c17-16(18,19)12-6-8-13(9-7-12)24(20)23-14-10-21-22-15(14)11-4-2-1-3-5-11/h1-10H,(H2,20,23)(H,21,22). The highest BCUT2D eigenvalue weighted by molar-refractivity contribution is 7.85. The number of aromatic amines is 1. The summed E-state index contributed by atoms with van der Waals surface area (Å²) in [5.41, 5.74) is 1.46. The van der Waals surface area contributed by atoms with Crippen molar-refractivity contribution in [3.8, 4) is 11.3 Å². The van der Waals surface area contributed by atoms with Crippen molar-refractivity contribution >= 4 is 16.6 Å². The predicted molar refractivity (Wildman–Crippen MR) is 87.4 cm³/mol. The number of aromatic nitrogens is 2. The molecule has 24 heavy (non-hydrogen) atoms. The average molecular weight is 350 g/mol. The number of hydrogen-bond donors (Lipinski definition) is 2. The lowest BCUT2D eigenvalue weighted by Crippen LogP contribution is -2.06. The number of nitrogens with two attached hydrogens (primary N) is 1.